The van der Waals surface area contributed by atoms with Crippen LogP contribution in [0.3, 0.4) is 0 Å². The molecule has 2 aromatic heterocycles. The Hall–Kier alpha value is -1.68. The van der Waals surface area contributed by atoms with Gasteiger partial charge in [0.15, 0.2) is 5.78 Å². The van der Waals surface area contributed by atoms with Crippen molar-refractivity contribution in [2.75, 3.05) is 5.73 Å². The van der Waals surface area contributed by atoms with E-state index in [1.807, 2.05) is 5.38 Å². The largest absolute Gasteiger partial charge is 0.383 e. The zero-order valence-corrected chi connectivity index (χ0v) is 8.12. The van der Waals surface area contributed by atoms with Crippen LogP contribution in [0.15, 0.2) is 35.2 Å². The fourth-order valence-corrected chi connectivity index (χ4v) is 1.79. The highest BCUT2D eigenvalue weighted by Crippen LogP contribution is 2.15. The molecule has 0 aromatic carbocycles. The standard InChI is InChI=1S/C10H8N2OS/c11-10-8(2-1-4-12-10)9(13)7-3-5-14-6-7/h1-6H,(H2,11,12). The van der Waals surface area contributed by atoms with Gasteiger partial charge in [0, 0.05) is 17.1 Å². The number of hydrogen-bond donors (Lipinski definition) is 1. The number of thiophene rings is 1. The van der Waals surface area contributed by atoms with Gasteiger partial charge in [0.1, 0.15) is 5.82 Å². The molecule has 70 valence electrons. The highest BCUT2D eigenvalue weighted by molar-refractivity contribution is 7.08. The van der Waals surface area contributed by atoms with Gasteiger partial charge in [-0.05, 0) is 23.6 Å². The number of ketones is 1. The van der Waals surface area contributed by atoms with E-state index in [1.54, 1.807) is 29.8 Å². The van der Waals surface area contributed by atoms with Crippen molar-refractivity contribution in [1.82, 2.24) is 4.98 Å². The molecule has 0 bridgehead atoms. The molecule has 0 spiro atoms. The zero-order chi connectivity index (χ0) is 9.97. The number of nitrogen functional groups attached to an aromatic ring is 1. The van der Waals surface area contributed by atoms with Gasteiger partial charge < -0.3 is 5.73 Å². The molecule has 0 saturated carbocycles. The smallest absolute Gasteiger partial charge is 0.197 e. The topological polar surface area (TPSA) is 56.0 Å². The molecule has 0 radical (unpaired) electrons. The van der Waals surface area contributed by atoms with Crippen molar-refractivity contribution < 1.29 is 4.79 Å². The van der Waals surface area contributed by atoms with Crippen molar-refractivity contribution in [3.8, 4) is 0 Å². The SMILES string of the molecule is Nc1ncccc1C(=O)c1ccsc1. The maximum atomic E-state index is 11.8. The molecule has 2 aromatic rings. The third kappa shape index (κ3) is 1.52. The molecular weight excluding hydrogens is 196 g/mol. The van der Waals surface area contributed by atoms with Crippen LogP contribution in [0, 0.1) is 0 Å². The first-order valence-electron chi connectivity index (χ1n) is 4.06. The van der Waals surface area contributed by atoms with E-state index in [0.717, 1.165) is 0 Å². The van der Waals surface area contributed by atoms with Crippen LogP contribution in [0.2, 0.25) is 0 Å². The summed E-state index contributed by atoms with van der Waals surface area (Å²) in [6.45, 7) is 0. The fourth-order valence-electron chi connectivity index (χ4n) is 1.16. The second-order valence-corrected chi connectivity index (χ2v) is 3.56. The number of pyridine rings is 1. The summed E-state index contributed by atoms with van der Waals surface area (Å²) in [5.74, 6) is 0.209. The lowest BCUT2D eigenvalue weighted by molar-refractivity contribution is 0.104. The number of hydrogen-bond acceptors (Lipinski definition) is 4. The summed E-state index contributed by atoms with van der Waals surface area (Å²) in [5, 5.41) is 3.66. The Kier molecular flexibility index (Phi) is 2.28. The molecule has 2 N–H and O–H groups in total. The average molecular weight is 204 g/mol. The minimum atomic E-state index is -0.0724. The van der Waals surface area contributed by atoms with Gasteiger partial charge in [-0.2, -0.15) is 11.3 Å². The van der Waals surface area contributed by atoms with Gasteiger partial charge in [-0.25, -0.2) is 4.98 Å². The van der Waals surface area contributed by atoms with Crippen molar-refractivity contribution in [2.24, 2.45) is 0 Å². The number of rotatable bonds is 2. The summed E-state index contributed by atoms with van der Waals surface area (Å²) in [7, 11) is 0. The van der Waals surface area contributed by atoms with Crippen molar-refractivity contribution in [1.29, 1.82) is 0 Å². The number of aromatic nitrogens is 1. The lowest BCUT2D eigenvalue weighted by Crippen LogP contribution is -2.05. The van der Waals surface area contributed by atoms with Gasteiger partial charge >= 0.3 is 0 Å². The Labute approximate surface area is 85.2 Å². The normalized spacial score (nSPS) is 10.0. The Morgan fingerprint density at radius 3 is 2.93 bits per heavy atom. The molecule has 2 heterocycles. The van der Waals surface area contributed by atoms with Crippen LogP contribution < -0.4 is 5.73 Å². The predicted molar refractivity (Wildman–Crippen MR) is 56.4 cm³/mol. The lowest BCUT2D eigenvalue weighted by Gasteiger charge is -2.00. The second kappa shape index (κ2) is 3.59. The quantitative estimate of drug-likeness (QED) is 0.761. The summed E-state index contributed by atoms with van der Waals surface area (Å²) < 4.78 is 0. The first-order valence-corrected chi connectivity index (χ1v) is 5.00. The third-order valence-corrected chi connectivity index (χ3v) is 2.55. The lowest BCUT2D eigenvalue weighted by atomic mass is 10.1. The van der Waals surface area contributed by atoms with E-state index < -0.39 is 0 Å². The highest BCUT2D eigenvalue weighted by atomic mass is 32.1. The zero-order valence-electron chi connectivity index (χ0n) is 7.31. The highest BCUT2D eigenvalue weighted by Gasteiger charge is 2.12. The van der Waals surface area contributed by atoms with Gasteiger partial charge in [0.25, 0.3) is 0 Å². The molecular formula is C10H8N2OS. The van der Waals surface area contributed by atoms with Gasteiger partial charge in [-0.15, -0.1) is 0 Å². The molecule has 0 unspecified atom stereocenters. The van der Waals surface area contributed by atoms with Gasteiger partial charge in [-0.1, -0.05) is 0 Å². The Morgan fingerprint density at radius 1 is 1.43 bits per heavy atom. The average Bonchev–Trinajstić information content (AvgIpc) is 2.70. The van der Waals surface area contributed by atoms with Crippen LogP contribution in [0.1, 0.15) is 15.9 Å². The molecule has 14 heavy (non-hydrogen) atoms. The summed E-state index contributed by atoms with van der Waals surface area (Å²) in [6.07, 6.45) is 1.57. The van der Waals surface area contributed by atoms with Gasteiger partial charge in [-0.3, -0.25) is 4.79 Å². The molecule has 2 rings (SSSR count). The van der Waals surface area contributed by atoms with Crippen molar-refractivity contribution in [3.05, 3.63) is 46.3 Å². The van der Waals surface area contributed by atoms with Crippen LogP contribution in [0.5, 0.6) is 0 Å². The van der Waals surface area contributed by atoms with Crippen molar-refractivity contribution >= 4 is 22.9 Å². The fraction of sp³-hybridized carbons (Fsp3) is 0. The molecule has 0 atom stereocenters. The predicted octanol–water partition coefficient (Wildman–Crippen LogP) is 1.96. The van der Waals surface area contributed by atoms with Crippen LogP contribution in [0.4, 0.5) is 5.82 Å². The van der Waals surface area contributed by atoms with E-state index in [1.165, 1.54) is 11.3 Å². The van der Waals surface area contributed by atoms with E-state index in [2.05, 4.69) is 4.98 Å². The number of nitrogens with zero attached hydrogens (tertiary/aromatic N) is 1. The minimum Gasteiger partial charge on any atom is -0.383 e. The van der Waals surface area contributed by atoms with Gasteiger partial charge in [0.05, 0.1) is 5.56 Å². The van der Waals surface area contributed by atoms with Crippen molar-refractivity contribution in [3.63, 3.8) is 0 Å². The van der Waals surface area contributed by atoms with E-state index >= 15 is 0 Å². The number of anilines is 1. The van der Waals surface area contributed by atoms with E-state index in [-0.39, 0.29) is 11.6 Å². The molecule has 0 fully saturated rings. The Balaban J connectivity index is 2.42. The summed E-state index contributed by atoms with van der Waals surface area (Å²) in [5.41, 5.74) is 6.72. The number of carbonyl (C=O) groups is 1. The molecule has 0 aliphatic heterocycles. The Morgan fingerprint density at radius 2 is 2.29 bits per heavy atom. The maximum absolute atomic E-state index is 11.8. The van der Waals surface area contributed by atoms with Crippen LogP contribution in [0.25, 0.3) is 0 Å². The summed E-state index contributed by atoms with van der Waals surface area (Å²) >= 11 is 1.49. The Bertz CT molecular complexity index is 451. The molecule has 4 heteroatoms. The van der Waals surface area contributed by atoms with E-state index in [0.29, 0.717) is 11.1 Å². The van der Waals surface area contributed by atoms with Crippen LogP contribution in [-0.4, -0.2) is 10.8 Å². The maximum Gasteiger partial charge on any atom is 0.197 e. The van der Waals surface area contributed by atoms with E-state index in [4.69, 9.17) is 5.73 Å². The summed E-state index contributed by atoms with van der Waals surface area (Å²) in [6, 6.07) is 5.16. The summed E-state index contributed by atoms with van der Waals surface area (Å²) in [4.78, 5) is 15.7. The minimum absolute atomic E-state index is 0.0724. The molecule has 0 aliphatic rings. The van der Waals surface area contributed by atoms with Crippen molar-refractivity contribution in [2.45, 2.75) is 0 Å². The molecule has 0 saturated heterocycles. The third-order valence-electron chi connectivity index (χ3n) is 1.87. The number of nitrogens with two attached hydrogens (primary N) is 1. The number of carbonyl (C=O) groups excluding carboxylic acids is 1. The second-order valence-electron chi connectivity index (χ2n) is 2.78. The monoisotopic (exact) mass is 204 g/mol. The van der Waals surface area contributed by atoms with Gasteiger partial charge in [0.2, 0.25) is 0 Å². The molecule has 0 amide bonds. The molecule has 3 nitrogen and oxygen atoms in total. The van der Waals surface area contributed by atoms with Crippen LogP contribution in [-0.2, 0) is 0 Å². The van der Waals surface area contributed by atoms with Crippen LogP contribution >= 0.6 is 11.3 Å². The van der Waals surface area contributed by atoms with E-state index in [9.17, 15) is 4.79 Å². The first-order chi connectivity index (χ1) is 6.79. The first kappa shape index (κ1) is 8.90. The molecule has 0 aliphatic carbocycles.